The minimum absolute atomic E-state index is 0.0120. The van der Waals surface area contributed by atoms with Gasteiger partial charge in [-0.1, -0.05) is 6.07 Å². The molecule has 2 aliphatic heterocycles. The van der Waals surface area contributed by atoms with E-state index in [2.05, 4.69) is 0 Å². The molecule has 3 rings (SSSR count). The maximum absolute atomic E-state index is 13.8. The fourth-order valence-corrected chi connectivity index (χ4v) is 3.90. The monoisotopic (exact) mass is 364 g/mol. The van der Waals surface area contributed by atoms with Crippen molar-refractivity contribution in [1.82, 2.24) is 9.80 Å². The molecule has 2 fully saturated rings. The summed E-state index contributed by atoms with van der Waals surface area (Å²) in [6, 6.07) is 3.70. The average Bonchev–Trinajstić information content (AvgIpc) is 2.63. The molecule has 0 saturated carbocycles. The molecular weight excluding hydrogens is 338 g/mol. The van der Waals surface area contributed by atoms with Crippen LogP contribution in [-0.2, 0) is 16.0 Å². The Morgan fingerprint density at radius 3 is 2.77 bits per heavy atom. The van der Waals surface area contributed by atoms with Crippen molar-refractivity contribution in [2.75, 3.05) is 26.2 Å². The Balaban J connectivity index is 1.50. The van der Waals surface area contributed by atoms with Gasteiger partial charge < -0.3 is 9.80 Å². The molecule has 142 valence electrons. The highest BCUT2D eigenvalue weighted by molar-refractivity contribution is 5.85. The Labute approximate surface area is 153 Å². The van der Waals surface area contributed by atoms with Gasteiger partial charge in [0.1, 0.15) is 11.6 Å². The number of hydrogen-bond donors (Lipinski definition) is 0. The van der Waals surface area contributed by atoms with Crippen LogP contribution in [0.15, 0.2) is 18.2 Å². The summed E-state index contributed by atoms with van der Waals surface area (Å²) in [5.41, 5.74) is 0.522. The summed E-state index contributed by atoms with van der Waals surface area (Å²) in [5, 5.41) is 0. The standard InChI is InChI=1S/C20H26F2N2O2/c21-17-9-8-16(18(22)12-17)7-6-15-4-3-11-23(13-15)20(26)14-24-10-2-1-5-19(24)25/h8-9,12,15H,1-7,10-11,13-14H2. The first-order valence-corrected chi connectivity index (χ1v) is 9.52. The molecular formula is C20H26F2N2O2. The summed E-state index contributed by atoms with van der Waals surface area (Å²) in [6.07, 6.45) is 5.67. The predicted octanol–water partition coefficient (Wildman–Crippen LogP) is 3.15. The highest BCUT2D eigenvalue weighted by atomic mass is 19.1. The molecule has 2 heterocycles. The number of hydrogen-bond acceptors (Lipinski definition) is 2. The van der Waals surface area contributed by atoms with Crippen LogP contribution in [0, 0.1) is 17.6 Å². The number of aryl methyl sites for hydroxylation is 1. The Bertz CT molecular complexity index is 665. The van der Waals surface area contributed by atoms with Crippen molar-refractivity contribution in [2.45, 2.75) is 44.9 Å². The van der Waals surface area contributed by atoms with Crippen molar-refractivity contribution >= 4 is 11.8 Å². The van der Waals surface area contributed by atoms with E-state index in [0.717, 1.165) is 44.7 Å². The van der Waals surface area contributed by atoms with Gasteiger partial charge in [-0.15, -0.1) is 0 Å². The molecule has 2 saturated heterocycles. The quantitative estimate of drug-likeness (QED) is 0.805. The van der Waals surface area contributed by atoms with Crippen LogP contribution in [0.25, 0.3) is 0 Å². The van der Waals surface area contributed by atoms with Gasteiger partial charge in [0.2, 0.25) is 11.8 Å². The molecule has 1 atom stereocenters. The van der Waals surface area contributed by atoms with Gasteiger partial charge in [0.05, 0.1) is 6.54 Å². The number of likely N-dealkylation sites (tertiary alicyclic amines) is 2. The zero-order valence-corrected chi connectivity index (χ0v) is 15.1. The highest BCUT2D eigenvalue weighted by Crippen LogP contribution is 2.23. The van der Waals surface area contributed by atoms with Crippen LogP contribution >= 0.6 is 0 Å². The van der Waals surface area contributed by atoms with Crippen LogP contribution in [0.2, 0.25) is 0 Å². The SMILES string of the molecule is O=C1CCCCN1CC(=O)N1CCCC(CCc2ccc(F)cc2F)C1. The molecule has 4 nitrogen and oxygen atoms in total. The molecule has 0 radical (unpaired) electrons. The number of carbonyl (C=O) groups is 2. The van der Waals surface area contributed by atoms with E-state index >= 15 is 0 Å². The lowest BCUT2D eigenvalue weighted by Gasteiger charge is -2.35. The second-order valence-electron chi connectivity index (χ2n) is 7.39. The zero-order valence-electron chi connectivity index (χ0n) is 15.1. The summed E-state index contributed by atoms with van der Waals surface area (Å²) < 4.78 is 26.8. The molecule has 2 amide bonds. The van der Waals surface area contributed by atoms with Crippen LogP contribution in [0.5, 0.6) is 0 Å². The molecule has 0 bridgehead atoms. The largest absolute Gasteiger partial charge is 0.341 e. The van der Waals surface area contributed by atoms with Gasteiger partial charge in [-0.05, 0) is 56.1 Å². The summed E-state index contributed by atoms with van der Waals surface area (Å²) in [4.78, 5) is 28.0. The summed E-state index contributed by atoms with van der Waals surface area (Å²) in [6.45, 7) is 2.23. The third-order valence-corrected chi connectivity index (χ3v) is 5.46. The van der Waals surface area contributed by atoms with E-state index in [1.807, 2.05) is 4.90 Å². The number of piperidine rings is 2. The fourth-order valence-electron chi connectivity index (χ4n) is 3.90. The Hall–Kier alpha value is -1.98. The van der Waals surface area contributed by atoms with Crippen LogP contribution in [0.3, 0.4) is 0 Å². The maximum atomic E-state index is 13.8. The number of benzene rings is 1. The van der Waals surface area contributed by atoms with Crippen molar-refractivity contribution in [3.8, 4) is 0 Å². The second kappa shape index (κ2) is 8.60. The minimum Gasteiger partial charge on any atom is -0.341 e. The van der Waals surface area contributed by atoms with Gasteiger partial charge in [0, 0.05) is 32.1 Å². The van der Waals surface area contributed by atoms with E-state index in [0.29, 0.717) is 37.4 Å². The molecule has 0 aliphatic carbocycles. The third-order valence-electron chi connectivity index (χ3n) is 5.46. The molecule has 0 spiro atoms. The number of nitrogens with zero attached hydrogens (tertiary/aromatic N) is 2. The third kappa shape index (κ3) is 4.80. The van der Waals surface area contributed by atoms with Crippen molar-refractivity contribution in [3.63, 3.8) is 0 Å². The summed E-state index contributed by atoms with van der Waals surface area (Å²) >= 11 is 0. The number of rotatable bonds is 5. The average molecular weight is 364 g/mol. The van der Waals surface area contributed by atoms with Gasteiger partial charge in [-0.2, -0.15) is 0 Å². The molecule has 0 N–H and O–H groups in total. The van der Waals surface area contributed by atoms with Gasteiger partial charge in [-0.3, -0.25) is 9.59 Å². The molecule has 1 aromatic carbocycles. The number of carbonyl (C=O) groups excluding carboxylic acids is 2. The van der Waals surface area contributed by atoms with Gasteiger partial charge >= 0.3 is 0 Å². The van der Waals surface area contributed by atoms with E-state index in [1.54, 1.807) is 4.90 Å². The van der Waals surface area contributed by atoms with Crippen LogP contribution in [-0.4, -0.2) is 47.8 Å². The molecule has 6 heteroatoms. The number of halogens is 2. The Morgan fingerprint density at radius 1 is 1.15 bits per heavy atom. The fraction of sp³-hybridized carbons (Fsp3) is 0.600. The van der Waals surface area contributed by atoms with E-state index in [4.69, 9.17) is 0 Å². The Kier molecular flexibility index (Phi) is 6.22. The van der Waals surface area contributed by atoms with Gasteiger partial charge in [-0.25, -0.2) is 8.78 Å². The summed E-state index contributed by atoms with van der Waals surface area (Å²) in [5.74, 6) is -0.664. The first kappa shape index (κ1) is 18.8. The second-order valence-corrected chi connectivity index (χ2v) is 7.39. The van der Waals surface area contributed by atoms with E-state index in [9.17, 15) is 18.4 Å². The predicted molar refractivity (Wildman–Crippen MR) is 94.4 cm³/mol. The van der Waals surface area contributed by atoms with E-state index in [-0.39, 0.29) is 18.4 Å². The normalized spacial score (nSPS) is 21.2. The van der Waals surface area contributed by atoms with Crippen molar-refractivity contribution in [1.29, 1.82) is 0 Å². The van der Waals surface area contributed by atoms with Gasteiger partial charge in [0.15, 0.2) is 0 Å². The van der Waals surface area contributed by atoms with Crippen LogP contribution < -0.4 is 0 Å². The van der Waals surface area contributed by atoms with Crippen LogP contribution in [0.1, 0.15) is 44.1 Å². The van der Waals surface area contributed by atoms with Crippen molar-refractivity contribution in [2.24, 2.45) is 5.92 Å². The lowest BCUT2D eigenvalue weighted by atomic mass is 9.91. The van der Waals surface area contributed by atoms with Crippen molar-refractivity contribution < 1.29 is 18.4 Å². The highest BCUT2D eigenvalue weighted by Gasteiger charge is 2.27. The zero-order chi connectivity index (χ0) is 18.5. The van der Waals surface area contributed by atoms with E-state index < -0.39 is 11.6 Å². The van der Waals surface area contributed by atoms with E-state index in [1.165, 1.54) is 12.1 Å². The molecule has 0 aromatic heterocycles. The lowest BCUT2D eigenvalue weighted by Crippen LogP contribution is -2.47. The van der Waals surface area contributed by atoms with Crippen molar-refractivity contribution in [3.05, 3.63) is 35.4 Å². The number of amides is 2. The van der Waals surface area contributed by atoms with Gasteiger partial charge in [0.25, 0.3) is 0 Å². The first-order chi connectivity index (χ1) is 12.5. The molecule has 1 aromatic rings. The molecule has 1 unspecified atom stereocenters. The topological polar surface area (TPSA) is 40.6 Å². The maximum Gasteiger partial charge on any atom is 0.242 e. The van der Waals surface area contributed by atoms with Crippen LogP contribution in [0.4, 0.5) is 8.78 Å². The lowest BCUT2D eigenvalue weighted by molar-refractivity contribution is -0.142. The summed E-state index contributed by atoms with van der Waals surface area (Å²) in [7, 11) is 0. The smallest absolute Gasteiger partial charge is 0.242 e. The first-order valence-electron chi connectivity index (χ1n) is 9.52. The minimum atomic E-state index is -0.562. The Morgan fingerprint density at radius 2 is 2.00 bits per heavy atom. The molecule has 2 aliphatic rings. The molecule has 26 heavy (non-hydrogen) atoms.